The van der Waals surface area contributed by atoms with Gasteiger partial charge in [-0.25, -0.2) is 0 Å². The Morgan fingerprint density at radius 2 is 2.06 bits per heavy atom. The van der Waals surface area contributed by atoms with Crippen LogP contribution in [-0.4, -0.2) is 34.2 Å². The molecule has 0 heterocycles. The second-order valence-corrected chi connectivity index (χ2v) is 5.05. The Bertz CT molecular complexity index is 404. The molecule has 17 heavy (non-hydrogen) atoms. The number of benzene rings is 1. The molecule has 0 radical (unpaired) electrons. The van der Waals surface area contributed by atoms with Gasteiger partial charge < -0.3 is 15.6 Å². The Hall–Kier alpha value is -1.40. The molecule has 0 aliphatic rings. The fourth-order valence-corrected chi connectivity index (χ4v) is 2.46. The number of hydrogen-bond donors (Lipinski definition) is 2. The second kappa shape index (κ2) is 6.36. The molecule has 0 bridgehead atoms. The maximum Gasteiger partial charge on any atom is 0.321 e. The fourth-order valence-electron chi connectivity index (χ4n) is 1.24. The van der Waals surface area contributed by atoms with Crippen molar-refractivity contribution in [1.29, 1.82) is 0 Å². The van der Waals surface area contributed by atoms with Crippen molar-refractivity contribution in [2.24, 2.45) is 5.73 Å². The summed E-state index contributed by atoms with van der Waals surface area (Å²) < 4.78 is 16.6. The quantitative estimate of drug-likeness (QED) is 0.767. The summed E-state index contributed by atoms with van der Waals surface area (Å²) in [5.74, 6) is -0.151. The van der Waals surface area contributed by atoms with Gasteiger partial charge in [0, 0.05) is 22.3 Å². The normalized spacial score (nSPS) is 14.0. The van der Waals surface area contributed by atoms with Gasteiger partial charge in [-0.3, -0.25) is 9.00 Å². The highest BCUT2D eigenvalue weighted by atomic mass is 32.2. The number of ether oxygens (including phenoxy) is 1. The predicted octanol–water partition coefficient (Wildman–Crippen LogP) is 0.356. The minimum Gasteiger partial charge on any atom is -0.497 e. The van der Waals surface area contributed by atoms with Crippen molar-refractivity contribution in [3.8, 4) is 5.75 Å². The number of hydrogen-bond acceptors (Lipinski definition) is 4. The summed E-state index contributed by atoms with van der Waals surface area (Å²) in [4.78, 5) is 10.5. The van der Waals surface area contributed by atoms with E-state index >= 15 is 0 Å². The molecule has 0 saturated carbocycles. The number of carboxylic acid groups (broad SMARTS) is 1. The van der Waals surface area contributed by atoms with Crippen LogP contribution in [0.4, 0.5) is 0 Å². The highest BCUT2D eigenvalue weighted by Crippen LogP contribution is 2.12. The number of aliphatic carboxylic acids is 1. The van der Waals surface area contributed by atoms with Crippen molar-refractivity contribution >= 4 is 16.8 Å². The zero-order valence-corrected chi connectivity index (χ0v) is 10.3. The Balaban J connectivity index is 2.53. The number of rotatable bonds is 6. The van der Waals surface area contributed by atoms with Crippen LogP contribution in [0, 0.1) is 0 Å². The van der Waals surface area contributed by atoms with E-state index in [1.807, 2.05) is 0 Å². The van der Waals surface area contributed by atoms with Crippen molar-refractivity contribution in [3.05, 3.63) is 29.8 Å². The largest absolute Gasteiger partial charge is 0.497 e. The first-order valence-electron chi connectivity index (χ1n) is 4.99. The summed E-state index contributed by atoms with van der Waals surface area (Å²) in [7, 11) is 0.292. The summed E-state index contributed by atoms with van der Waals surface area (Å²) >= 11 is 0. The van der Waals surface area contributed by atoms with Crippen LogP contribution >= 0.6 is 0 Å². The van der Waals surface area contributed by atoms with Gasteiger partial charge in [0.15, 0.2) is 0 Å². The molecule has 5 nitrogen and oxygen atoms in total. The van der Waals surface area contributed by atoms with Crippen LogP contribution in [0.2, 0.25) is 0 Å². The highest BCUT2D eigenvalue weighted by molar-refractivity contribution is 7.84. The minimum absolute atomic E-state index is 0.0403. The fraction of sp³-hybridized carbons (Fsp3) is 0.364. The third-order valence-corrected chi connectivity index (χ3v) is 3.56. The van der Waals surface area contributed by atoms with Gasteiger partial charge in [-0.1, -0.05) is 12.1 Å². The van der Waals surface area contributed by atoms with Gasteiger partial charge in [-0.15, -0.1) is 0 Å². The molecule has 6 heteroatoms. The molecular weight excluding hydrogens is 242 g/mol. The average Bonchev–Trinajstić information content (AvgIpc) is 2.29. The Labute approximate surface area is 102 Å². The van der Waals surface area contributed by atoms with E-state index in [1.54, 1.807) is 31.4 Å². The van der Waals surface area contributed by atoms with Crippen molar-refractivity contribution in [2.75, 3.05) is 12.9 Å². The second-order valence-electron chi connectivity index (χ2n) is 3.54. The molecule has 0 fully saturated rings. The highest BCUT2D eigenvalue weighted by Gasteiger charge is 2.15. The smallest absolute Gasteiger partial charge is 0.321 e. The van der Waals surface area contributed by atoms with E-state index in [0.717, 1.165) is 11.3 Å². The van der Waals surface area contributed by atoms with E-state index in [-0.39, 0.29) is 5.75 Å². The Morgan fingerprint density at radius 3 is 2.53 bits per heavy atom. The lowest BCUT2D eigenvalue weighted by molar-refractivity contribution is -0.137. The van der Waals surface area contributed by atoms with Gasteiger partial charge in [0.05, 0.1) is 7.11 Å². The standard InChI is InChI=1S/C11H15NO4S/c1-16-9-4-2-8(3-5-9)6-17(15)7-10(12)11(13)14/h2-5,10H,6-7,12H2,1H3,(H,13,14)/t10-,17?/m0/s1. The number of carbonyl (C=O) groups is 1. The lowest BCUT2D eigenvalue weighted by Crippen LogP contribution is -2.35. The molecule has 3 N–H and O–H groups in total. The van der Waals surface area contributed by atoms with Crippen LogP contribution in [0.25, 0.3) is 0 Å². The summed E-state index contributed by atoms with van der Waals surface area (Å²) in [6.07, 6.45) is 0. The lowest BCUT2D eigenvalue weighted by atomic mass is 10.2. The SMILES string of the molecule is COc1ccc(CS(=O)C[C@H](N)C(=O)O)cc1. The van der Waals surface area contributed by atoms with E-state index in [4.69, 9.17) is 15.6 Å². The van der Waals surface area contributed by atoms with Gasteiger partial charge >= 0.3 is 5.97 Å². The average molecular weight is 257 g/mol. The summed E-state index contributed by atoms with van der Waals surface area (Å²) in [6, 6.07) is 6.05. The summed E-state index contributed by atoms with van der Waals surface area (Å²) in [5.41, 5.74) is 6.17. The zero-order chi connectivity index (χ0) is 12.8. The number of nitrogens with two attached hydrogens (primary N) is 1. The predicted molar refractivity (Wildman–Crippen MR) is 65.3 cm³/mol. The Kier molecular flexibility index (Phi) is 5.11. The van der Waals surface area contributed by atoms with Gasteiger partial charge in [0.2, 0.25) is 0 Å². The van der Waals surface area contributed by atoms with Crippen LogP contribution in [0.15, 0.2) is 24.3 Å². The van der Waals surface area contributed by atoms with Gasteiger partial charge in [-0.2, -0.15) is 0 Å². The molecule has 0 aliphatic carbocycles. The molecule has 0 saturated heterocycles. The zero-order valence-electron chi connectivity index (χ0n) is 9.46. The van der Waals surface area contributed by atoms with Crippen LogP contribution < -0.4 is 10.5 Å². The van der Waals surface area contributed by atoms with Crippen LogP contribution in [-0.2, 0) is 21.3 Å². The van der Waals surface area contributed by atoms with Crippen LogP contribution in [0.5, 0.6) is 5.75 Å². The molecule has 0 aromatic heterocycles. The molecule has 1 unspecified atom stereocenters. The molecular formula is C11H15NO4S. The maximum absolute atomic E-state index is 11.6. The van der Waals surface area contributed by atoms with E-state index in [9.17, 15) is 9.00 Å². The monoisotopic (exact) mass is 257 g/mol. The first-order chi connectivity index (χ1) is 8.02. The maximum atomic E-state index is 11.6. The third kappa shape index (κ3) is 4.54. The van der Waals surface area contributed by atoms with E-state index in [0.29, 0.717) is 5.75 Å². The first kappa shape index (κ1) is 13.7. The van der Waals surface area contributed by atoms with Gasteiger partial charge in [-0.05, 0) is 17.7 Å². The van der Waals surface area contributed by atoms with Crippen LogP contribution in [0.1, 0.15) is 5.56 Å². The molecule has 0 spiro atoms. The van der Waals surface area contributed by atoms with E-state index in [1.165, 1.54) is 0 Å². The van der Waals surface area contributed by atoms with Crippen molar-refractivity contribution in [3.63, 3.8) is 0 Å². The molecule has 0 aliphatic heterocycles. The van der Waals surface area contributed by atoms with Crippen molar-refractivity contribution in [1.82, 2.24) is 0 Å². The molecule has 1 aromatic rings. The van der Waals surface area contributed by atoms with Crippen molar-refractivity contribution < 1.29 is 18.8 Å². The van der Waals surface area contributed by atoms with Gasteiger partial charge in [0.25, 0.3) is 0 Å². The van der Waals surface area contributed by atoms with Crippen molar-refractivity contribution in [2.45, 2.75) is 11.8 Å². The molecule has 94 valence electrons. The first-order valence-corrected chi connectivity index (χ1v) is 6.48. The summed E-state index contributed by atoms with van der Waals surface area (Å²) in [6.45, 7) is 0. The molecule has 0 amide bonds. The topological polar surface area (TPSA) is 89.6 Å². The number of methoxy groups -OCH3 is 1. The molecule has 1 aromatic carbocycles. The van der Waals surface area contributed by atoms with E-state index < -0.39 is 22.8 Å². The summed E-state index contributed by atoms with van der Waals surface area (Å²) in [5, 5.41) is 8.59. The van der Waals surface area contributed by atoms with Gasteiger partial charge in [0.1, 0.15) is 11.8 Å². The Morgan fingerprint density at radius 1 is 1.47 bits per heavy atom. The molecule has 1 rings (SSSR count). The van der Waals surface area contributed by atoms with E-state index in [2.05, 4.69) is 0 Å². The third-order valence-electron chi connectivity index (χ3n) is 2.17. The number of carboxylic acids is 1. The van der Waals surface area contributed by atoms with Crippen LogP contribution in [0.3, 0.4) is 0 Å². The molecule has 2 atom stereocenters. The minimum atomic E-state index is -1.28. The lowest BCUT2D eigenvalue weighted by Gasteiger charge is -2.07.